The number of pyridine rings is 1. The number of ether oxygens (including phenoxy) is 5. The predicted octanol–water partition coefficient (Wildman–Crippen LogP) is 7.68. The molecular formula is C45H44N2O7. The van der Waals surface area contributed by atoms with Crippen molar-refractivity contribution in [3.63, 3.8) is 0 Å². The van der Waals surface area contributed by atoms with Crippen LogP contribution in [0.1, 0.15) is 38.3 Å². The molecule has 0 saturated carbocycles. The number of benzene rings is 5. The standard InChI is InChI=1S/C45H44N2O7/c1-31-22-23-36-24-25-37(40(48)39(36)46-31)44(49)47-45-43(53-29-35-20-12-5-13-21-35)42(52-28-34-18-10-4-11-19-34)41(51-27-33-16-8-3-9-17-33)38(54-45)30-50-26-32-14-6-2-7-15-32/h2-25,38,41-43,45,48H,26-30H2,1H3,(H,47,49)/t38-,41+,42+,43-,45-/m1/s1. The van der Waals surface area contributed by atoms with E-state index in [1.807, 2.05) is 140 Å². The smallest absolute Gasteiger partial charge is 0.257 e. The Balaban J connectivity index is 1.23. The predicted molar refractivity (Wildman–Crippen MR) is 205 cm³/mol. The third kappa shape index (κ3) is 9.38. The van der Waals surface area contributed by atoms with Crippen molar-refractivity contribution in [3.05, 3.63) is 179 Å². The Morgan fingerprint density at radius 3 is 1.67 bits per heavy atom. The molecule has 9 nitrogen and oxygen atoms in total. The number of fused-ring (bicyclic) bond motifs is 1. The van der Waals surface area contributed by atoms with Crippen molar-refractivity contribution in [2.45, 2.75) is 64.0 Å². The van der Waals surface area contributed by atoms with Crippen LogP contribution in [0.3, 0.4) is 0 Å². The van der Waals surface area contributed by atoms with Crippen LogP contribution in [0.5, 0.6) is 5.75 Å². The molecule has 0 aliphatic carbocycles. The molecular weight excluding hydrogens is 681 g/mol. The van der Waals surface area contributed by atoms with Crippen LogP contribution < -0.4 is 5.32 Å². The Morgan fingerprint density at radius 1 is 0.630 bits per heavy atom. The number of aromatic hydroxyl groups is 1. The molecule has 7 rings (SSSR count). The van der Waals surface area contributed by atoms with E-state index in [9.17, 15) is 9.90 Å². The van der Waals surface area contributed by atoms with Crippen LogP contribution in [0.25, 0.3) is 10.9 Å². The van der Waals surface area contributed by atoms with Crippen LogP contribution in [-0.2, 0) is 50.1 Å². The fraction of sp³-hybridized carbons (Fsp3) is 0.244. The van der Waals surface area contributed by atoms with Gasteiger partial charge < -0.3 is 34.1 Å². The zero-order valence-electron chi connectivity index (χ0n) is 30.1. The van der Waals surface area contributed by atoms with Crippen molar-refractivity contribution in [2.24, 2.45) is 0 Å². The van der Waals surface area contributed by atoms with Gasteiger partial charge in [0.15, 0.2) is 12.0 Å². The van der Waals surface area contributed by atoms with Crippen molar-refractivity contribution in [3.8, 4) is 5.75 Å². The molecule has 1 amide bonds. The molecule has 1 fully saturated rings. The number of carbonyl (C=O) groups is 1. The Morgan fingerprint density at radius 2 is 1.11 bits per heavy atom. The van der Waals surface area contributed by atoms with Gasteiger partial charge in [-0.25, -0.2) is 4.98 Å². The van der Waals surface area contributed by atoms with Crippen LogP contribution in [0.2, 0.25) is 0 Å². The minimum atomic E-state index is -1.02. The highest BCUT2D eigenvalue weighted by molar-refractivity contribution is 6.02. The van der Waals surface area contributed by atoms with Crippen LogP contribution in [0.15, 0.2) is 146 Å². The molecule has 2 heterocycles. The maximum absolute atomic E-state index is 14.1. The third-order valence-electron chi connectivity index (χ3n) is 9.38. The number of nitrogens with one attached hydrogen (secondary N) is 1. The minimum absolute atomic E-state index is 0.0621. The second kappa shape index (κ2) is 18.1. The summed E-state index contributed by atoms with van der Waals surface area (Å²) in [4.78, 5) is 18.6. The van der Waals surface area contributed by atoms with Gasteiger partial charge in [0.1, 0.15) is 29.9 Å². The van der Waals surface area contributed by atoms with Crippen molar-refractivity contribution >= 4 is 16.8 Å². The molecule has 0 radical (unpaired) electrons. The SMILES string of the molecule is Cc1ccc2ccc(C(=O)N[C@@H]3O[C@H](COCc4ccccc4)[C@H](OCc4ccccc4)[C@H](OCc4ccccc4)[C@H]3OCc3ccccc3)c(O)c2n1. The third-order valence-corrected chi connectivity index (χ3v) is 9.38. The molecule has 1 aliphatic heterocycles. The summed E-state index contributed by atoms with van der Waals surface area (Å²) in [6.45, 7) is 3.09. The Bertz CT molecular complexity index is 2080. The van der Waals surface area contributed by atoms with E-state index in [0.29, 0.717) is 12.1 Å². The summed E-state index contributed by atoms with van der Waals surface area (Å²) < 4.78 is 33.2. The van der Waals surface area contributed by atoms with Crippen LogP contribution in [0, 0.1) is 6.92 Å². The number of carbonyl (C=O) groups excluding carboxylic acids is 1. The van der Waals surface area contributed by atoms with Gasteiger partial charge in [0, 0.05) is 11.1 Å². The van der Waals surface area contributed by atoms with Gasteiger partial charge in [-0.15, -0.1) is 0 Å². The van der Waals surface area contributed by atoms with Gasteiger partial charge >= 0.3 is 0 Å². The molecule has 9 heteroatoms. The molecule has 54 heavy (non-hydrogen) atoms. The first-order chi connectivity index (χ1) is 26.5. The summed E-state index contributed by atoms with van der Waals surface area (Å²) in [6.07, 6.45) is -3.94. The number of hydrogen-bond donors (Lipinski definition) is 2. The first kappa shape index (κ1) is 36.9. The van der Waals surface area contributed by atoms with E-state index in [0.717, 1.165) is 33.3 Å². The number of aryl methyl sites for hydroxylation is 1. The molecule has 2 N–H and O–H groups in total. The second-order valence-corrected chi connectivity index (χ2v) is 13.3. The van der Waals surface area contributed by atoms with E-state index in [1.165, 1.54) is 0 Å². The maximum atomic E-state index is 14.1. The lowest BCUT2D eigenvalue weighted by Gasteiger charge is -2.46. The van der Waals surface area contributed by atoms with Crippen molar-refractivity contribution < 1.29 is 33.6 Å². The van der Waals surface area contributed by atoms with Gasteiger partial charge in [0.25, 0.3) is 5.91 Å². The van der Waals surface area contributed by atoms with E-state index in [-0.39, 0.29) is 37.7 Å². The van der Waals surface area contributed by atoms with Gasteiger partial charge in [0.05, 0.1) is 38.6 Å². The second-order valence-electron chi connectivity index (χ2n) is 13.3. The zero-order chi connectivity index (χ0) is 37.1. The monoisotopic (exact) mass is 724 g/mol. The van der Waals surface area contributed by atoms with E-state index < -0.39 is 36.6 Å². The number of nitrogens with zero attached hydrogens (tertiary/aromatic N) is 1. The molecule has 0 spiro atoms. The molecule has 5 aromatic carbocycles. The number of rotatable bonds is 15. The summed E-state index contributed by atoms with van der Waals surface area (Å²) >= 11 is 0. The fourth-order valence-corrected chi connectivity index (χ4v) is 6.57. The summed E-state index contributed by atoms with van der Waals surface area (Å²) in [5.74, 6) is -0.764. The zero-order valence-corrected chi connectivity index (χ0v) is 30.1. The lowest BCUT2D eigenvalue weighted by atomic mass is 9.96. The topological polar surface area (TPSA) is 108 Å². The highest BCUT2D eigenvalue weighted by Gasteiger charge is 2.49. The molecule has 0 unspecified atom stereocenters. The molecule has 276 valence electrons. The molecule has 1 saturated heterocycles. The van der Waals surface area contributed by atoms with E-state index in [4.69, 9.17) is 23.7 Å². The largest absolute Gasteiger partial charge is 0.505 e. The Hall–Kier alpha value is -5.42. The number of amides is 1. The van der Waals surface area contributed by atoms with Gasteiger partial charge in [-0.2, -0.15) is 0 Å². The van der Waals surface area contributed by atoms with Gasteiger partial charge in [0.2, 0.25) is 0 Å². The molecule has 0 bridgehead atoms. The van der Waals surface area contributed by atoms with Crippen LogP contribution in [-0.4, -0.2) is 53.2 Å². The highest BCUT2D eigenvalue weighted by Crippen LogP contribution is 2.32. The van der Waals surface area contributed by atoms with Crippen LogP contribution in [0.4, 0.5) is 0 Å². The van der Waals surface area contributed by atoms with Crippen LogP contribution >= 0.6 is 0 Å². The Labute approximate surface area is 315 Å². The average molecular weight is 725 g/mol. The highest BCUT2D eigenvalue weighted by atomic mass is 16.6. The molecule has 6 aromatic rings. The minimum Gasteiger partial charge on any atom is -0.505 e. The average Bonchev–Trinajstić information content (AvgIpc) is 3.21. The molecule has 1 aliphatic rings. The summed E-state index contributed by atoms with van der Waals surface area (Å²) in [7, 11) is 0. The van der Waals surface area contributed by atoms with Gasteiger partial charge in [-0.3, -0.25) is 4.79 Å². The van der Waals surface area contributed by atoms with Crippen molar-refractivity contribution in [1.82, 2.24) is 10.3 Å². The maximum Gasteiger partial charge on any atom is 0.257 e. The summed E-state index contributed by atoms with van der Waals surface area (Å²) in [5.41, 5.74) is 5.02. The normalized spacial score (nSPS) is 19.8. The fourth-order valence-electron chi connectivity index (χ4n) is 6.57. The Kier molecular flexibility index (Phi) is 12.4. The molecule has 1 aromatic heterocycles. The summed E-state index contributed by atoms with van der Waals surface area (Å²) in [5, 5.41) is 15.0. The van der Waals surface area contributed by atoms with E-state index in [2.05, 4.69) is 10.3 Å². The van der Waals surface area contributed by atoms with Crippen molar-refractivity contribution in [2.75, 3.05) is 6.61 Å². The first-order valence-corrected chi connectivity index (χ1v) is 18.2. The number of aromatic nitrogens is 1. The number of phenols is 1. The number of phenolic OH excluding ortho intramolecular Hbond substituents is 1. The van der Waals surface area contributed by atoms with E-state index >= 15 is 0 Å². The summed E-state index contributed by atoms with van der Waals surface area (Å²) in [6, 6.07) is 46.5. The first-order valence-electron chi connectivity index (χ1n) is 18.2. The number of hydrogen-bond acceptors (Lipinski definition) is 8. The van der Waals surface area contributed by atoms with Gasteiger partial charge in [-0.05, 0) is 41.3 Å². The molecule has 5 atom stereocenters. The van der Waals surface area contributed by atoms with Gasteiger partial charge in [-0.1, -0.05) is 133 Å². The van der Waals surface area contributed by atoms with E-state index in [1.54, 1.807) is 12.1 Å². The lowest BCUT2D eigenvalue weighted by molar-refractivity contribution is -0.276. The van der Waals surface area contributed by atoms with Crippen molar-refractivity contribution in [1.29, 1.82) is 0 Å². The lowest BCUT2D eigenvalue weighted by Crippen LogP contribution is -2.65. The quantitative estimate of drug-likeness (QED) is 0.111.